The van der Waals surface area contributed by atoms with E-state index in [2.05, 4.69) is 43.4 Å². The van der Waals surface area contributed by atoms with E-state index in [1.165, 1.54) is 35.6 Å². The lowest BCUT2D eigenvalue weighted by atomic mass is 9.92. The van der Waals surface area contributed by atoms with Gasteiger partial charge in [-0.1, -0.05) is 32.0 Å². The molecule has 0 radical (unpaired) electrons. The maximum atomic E-state index is 3.80. The Hall–Kier alpha value is -0.470. The molecule has 0 saturated heterocycles. The first-order chi connectivity index (χ1) is 8.21. The van der Waals surface area contributed by atoms with Crippen molar-refractivity contribution in [2.75, 3.05) is 12.3 Å². The number of hydrogen-bond donors (Lipinski definition) is 1. The molecule has 0 spiro atoms. The summed E-state index contributed by atoms with van der Waals surface area (Å²) in [6, 6.07) is 9.41. The van der Waals surface area contributed by atoms with Gasteiger partial charge in [-0.25, -0.2) is 0 Å². The fourth-order valence-electron chi connectivity index (χ4n) is 2.78. The Labute approximate surface area is 108 Å². The Balaban J connectivity index is 1.65. The number of fused-ring (bicyclic) bond motifs is 1. The highest BCUT2D eigenvalue weighted by Gasteiger charge is 2.45. The molecule has 1 aliphatic heterocycles. The van der Waals surface area contributed by atoms with E-state index in [-0.39, 0.29) is 0 Å². The number of nitrogens with one attached hydrogen (secondary N) is 1. The quantitative estimate of drug-likeness (QED) is 0.867. The molecular formula is C15H21NS. The van der Waals surface area contributed by atoms with Crippen LogP contribution in [0.25, 0.3) is 0 Å². The van der Waals surface area contributed by atoms with Crippen molar-refractivity contribution in [3.8, 4) is 0 Å². The van der Waals surface area contributed by atoms with Crippen molar-refractivity contribution < 1.29 is 0 Å². The first-order valence-electron chi connectivity index (χ1n) is 6.66. The van der Waals surface area contributed by atoms with Gasteiger partial charge in [0.05, 0.1) is 0 Å². The largest absolute Gasteiger partial charge is 0.309 e. The monoisotopic (exact) mass is 247 g/mol. The molecule has 1 N–H and O–H groups in total. The fraction of sp³-hybridized carbons (Fsp3) is 0.600. The van der Waals surface area contributed by atoms with Crippen molar-refractivity contribution in [2.45, 2.75) is 37.6 Å². The van der Waals surface area contributed by atoms with Crippen LogP contribution in [-0.2, 0) is 0 Å². The maximum absolute atomic E-state index is 3.80. The Bertz CT molecular complexity index is 409. The highest BCUT2D eigenvalue weighted by Crippen LogP contribution is 2.51. The SMILES string of the molecule is CC(C)C1(CNC2CSc3ccccc32)CC1. The lowest BCUT2D eigenvalue weighted by Gasteiger charge is -2.23. The minimum Gasteiger partial charge on any atom is -0.309 e. The standard InChI is InChI=1S/C15H21NS/c1-11(2)15(7-8-15)10-16-13-9-17-14-6-4-3-5-12(13)14/h3-6,11,13,16H,7-10H2,1-2H3. The molecule has 1 aliphatic carbocycles. The van der Waals surface area contributed by atoms with Crippen LogP contribution in [0.4, 0.5) is 0 Å². The summed E-state index contributed by atoms with van der Waals surface area (Å²) in [5.41, 5.74) is 2.12. The average molecular weight is 247 g/mol. The second-order valence-electron chi connectivity index (χ2n) is 5.80. The van der Waals surface area contributed by atoms with E-state index in [9.17, 15) is 0 Å². The van der Waals surface area contributed by atoms with Gasteiger partial charge in [-0.15, -0.1) is 11.8 Å². The van der Waals surface area contributed by atoms with Crippen LogP contribution in [0.2, 0.25) is 0 Å². The van der Waals surface area contributed by atoms with Gasteiger partial charge in [0, 0.05) is 23.2 Å². The average Bonchev–Trinajstić information content (AvgIpc) is 3.02. The van der Waals surface area contributed by atoms with Gasteiger partial charge in [0.25, 0.3) is 0 Å². The molecule has 17 heavy (non-hydrogen) atoms. The van der Waals surface area contributed by atoms with Gasteiger partial charge in [-0.05, 0) is 35.8 Å². The molecule has 1 aromatic carbocycles. The summed E-state index contributed by atoms with van der Waals surface area (Å²) < 4.78 is 0. The molecule has 1 atom stereocenters. The molecule has 1 unspecified atom stereocenters. The van der Waals surface area contributed by atoms with Gasteiger partial charge < -0.3 is 5.32 Å². The highest BCUT2D eigenvalue weighted by molar-refractivity contribution is 7.99. The molecule has 3 rings (SSSR count). The molecule has 1 nitrogen and oxygen atoms in total. The van der Waals surface area contributed by atoms with Crippen LogP contribution in [0.1, 0.15) is 38.3 Å². The first kappa shape index (κ1) is 11.6. The van der Waals surface area contributed by atoms with Crippen LogP contribution in [-0.4, -0.2) is 12.3 Å². The number of thioether (sulfide) groups is 1. The molecule has 2 heteroatoms. The van der Waals surface area contributed by atoms with Crippen molar-refractivity contribution in [1.29, 1.82) is 0 Å². The molecule has 1 heterocycles. The van der Waals surface area contributed by atoms with Gasteiger partial charge in [0.1, 0.15) is 0 Å². The van der Waals surface area contributed by atoms with Crippen LogP contribution in [0.5, 0.6) is 0 Å². The van der Waals surface area contributed by atoms with Crippen molar-refractivity contribution >= 4 is 11.8 Å². The van der Waals surface area contributed by atoms with E-state index in [1.807, 2.05) is 11.8 Å². The van der Waals surface area contributed by atoms with Gasteiger partial charge in [0.2, 0.25) is 0 Å². The first-order valence-corrected chi connectivity index (χ1v) is 7.65. The third-order valence-corrected chi connectivity index (χ3v) is 5.70. The van der Waals surface area contributed by atoms with E-state index in [4.69, 9.17) is 0 Å². The Morgan fingerprint density at radius 2 is 2.12 bits per heavy atom. The third kappa shape index (κ3) is 2.13. The molecule has 1 saturated carbocycles. The third-order valence-electron chi connectivity index (χ3n) is 4.52. The lowest BCUT2D eigenvalue weighted by Crippen LogP contribution is -2.31. The van der Waals surface area contributed by atoms with Crippen molar-refractivity contribution in [2.24, 2.45) is 11.3 Å². The highest BCUT2D eigenvalue weighted by atomic mass is 32.2. The Morgan fingerprint density at radius 3 is 2.82 bits per heavy atom. The molecule has 0 aromatic heterocycles. The summed E-state index contributed by atoms with van der Waals surface area (Å²) >= 11 is 1.99. The fourth-order valence-corrected chi connectivity index (χ4v) is 3.97. The van der Waals surface area contributed by atoms with E-state index in [1.54, 1.807) is 0 Å². The normalized spacial score (nSPS) is 25.0. The minimum atomic E-state index is 0.576. The van der Waals surface area contributed by atoms with Gasteiger partial charge in [-0.3, -0.25) is 0 Å². The van der Waals surface area contributed by atoms with Crippen molar-refractivity contribution in [3.05, 3.63) is 29.8 Å². The van der Waals surface area contributed by atoms with Crippen LogP contribution in [0.15, 0.2) is 29.2 Å². The number of hydrogen-bond acceptors (Lipinski definition) is 2. The maximum Gasteiger partial charge on any atom is 0.0426 e. The summed E-state index contributed by atoms with van der Waals surface area (Å²) in [4.78, 5) is 1.47. The summed E-state index contributed by atoms with van der Waals surface area (Å²) in [6.45, 7) is 5.93. The van der Waals surface area contributed by atoms with Crippen molar-refractivity contribution in [3.63, 3.8) is 0 Å². The molecule has 0 bridgehead atoms. The number of benzene rings is 1. The predicted octanol–water partition coefficient (Wildman–Crippen LogP) is 3.86. The summed E-state index contributed by atoms with van der Waals surface area (Å²) in [5.74, 6) is 2.02. The molecule has 0 amide bonds. The smallest absolute Gasteiger partial charge is 0.0426 e. The van der Waals surface area contributed by atoms with Crippen LogP contribution >= 0.6 is 11.8 Å². The van der Waals surface area contributed by atoms with E-state index < -0.39 is 0 Å². The predicted molar refractivity (Wildman–Crippen MR) is 74.4 cm³/mol. The van der Waals surface area contributed by atoms with Crippen LogP contribution < -0.4 is 5.32 Å². The molecule has 2 aliphatic rings. The molecular weight excluding hydrogens is 226 g/mol. The lowest BCUT2D eigenvalue weighted by molar-refractivity contribution is 0.326. The topological polar surface area (TPSA) is 12.0 Å². The zero-order valence-electron chi connectivity index (χ0n) is 10.7. The van der Waals surface area contributed by atoms with E-state index in [0.29, 0.717) is 11.5 Å². The van der Waals surface area contributed by atoms with Crippen LogP contribution in [0.3, 0.4) is 0 Å². The second-order valence-corrected chi connectivity index (χ2v) is 6.86. The molecule has 92 valence electrons. The van der Waals surface area contributed by atoms with Crippen LogP contribution in [0, 0.1) is 11.3 Å². The molecule has 1 fully saturated rings. The van der Waals surface area contributed by atoms with E-state index in [0.717, 1.165) is 5.92 Å². The summed E-state index contributed by atoms with van der Waals surface area (Å²) in [7, 11) is 0. The van der Waals surface area contributed by atoms with Crippen molar-refractivity contribution in [1.82, 2.24) is 5.32 Å². The second kappa shape index (κ2) is 4.33. The summed E-state index contributed by atoms with van der Waals surface area (Å²) in [6.07, 6.45) is 2.83. The zero-order valence-corrected chi connectivity index (χ0v) is 11.5. The Morgan fingerprint density at radius 1 is 1.35 bits per heavy atom. The van der Waals surface area contributed by atoms with Gasteiger partial charge >= 0.3 is 0 Å². The van der Waals surface area contributed by atoms with Gasteiger partial charge in [-0.2, -0.15) is 0 Å². The minimum absolute atomic E-state index is 0.576. The molecule has 1 aromatic rings. The van der Waals surface area contributed by atoms with E-state index >= 15 is 0 Å². The zero-order chi connectivity index (χ0) is 11.9. The summed E-state index contributed by atoms with van der Waals surface area (Å²) in [5, 5.41) is 3.80. The van der Waals surface area contributed by atoms with Gasteiger partial charge in [0.15, 0.2) is 0 Å². The number of rotatable bonds is 4. The Kier molecular flexibility index (Phi) is 2.95.